The molecule has 2 aliphatic heterocycles. The maximum absolute atomic E-state index is 12.4. The first-order chi connectivity index (χ1) is 11.2. The molecule has 1 N–H and O–H groups in total. The van der Waals surface area contributed by atoms with Crippen LogP contribution >= 0.6 is 0 Å². The summed E-state index contributed by atoms with van der Waals surface area (Å²) < 4.78 is 5.39. The molecule has 0 aliphatic carbocycles. The Labute approximate surface area is 136 Å². The van der Waals surface area contributed by atoms with Gasteiger partial charge in [-0.15, -0.1) is 0 Å². The lowest BCUT2D eigenvalue weighted by Crippen LogP contribution is -2.53. The van der Waals surface area contributed by atoms with E-state index in [1.54, 1.807) is 7.11 Å². The van der Waals surface area contributed by atoms with Crippen molar-refractivity contribution in [1.29, 1.82) is 0 Å². The molecule has 124 valence electrons. The van der Waals surface area contributed by atoms with Crippen molar-refractivity contribution in [2.75, 3.05) is 33.3 Å². The number of ether oxygens (including phenoxy) is 1. The van der Waals surface area contributed by atoms with E-state index in [-0.39, 0.29) is 17.9 Å². The minimum Gasteiger partial charge on any atom is -0.496 e. The van der Waals surface area contributed by atoms with Gasteiger partial charge in [-0.05, 0) is 12.5 Å². The van der Waals surface area contributed by atoms with Crippen molar-refractivity contribution in [2.24, 2.45) is 0 Å². The molecule has 0 bridgehead atoms. The second kappa shape index (κ2) is 7.00. The summed E-state index contributed by atoms with van der Waals surface area (Å²) in [5.41, 5.74) is 1.16. The largest absolute Gasteiger partial charge is 0.496 e. The van der Waals surface area contributed by atoms with Crippen molar-refractivity contribution >= 4 is 11.8 Å². The molecule has 6 heteroatoms. The van der Waals surface area contributed by atoms with E-state index in [0.29, 0.717) is 25.9 Å². The number of methoxy groups -OCH3 is 1. The molecule has 2 amide bonds. The van der Waals surface area contributed by atoms with Crippen LogP contribution in [0.15, 0.2) is 24.3 Å². The van der Waals surface area contributed by atoms with Gasteiger partial charge in [-0.1, -0.05) is 18.2 Å². The summed E-state index contributed by atoms with van der Waals surface area (Å²) in [5.74, 6) is 0.950. The van der Waals surface area contributed by atoms with E-state index >= 15 is 0 Å². The molecule has 23 heavy (non-hydrogen) atoms. The van der Waals surface area contributed by atoms with Crippen LogP contribution in [-0.4, -0.2) is 60.9 Å². The van der Waals surface area contributed by atoms with Crippen molar-refractivity contribution in [3.8, 4) is 5.75 Å². The Bertz CT molecular complexity index is 582. The number of para-hydroxylation sites is 1. The van der Waals surface area contributed by atoms with Crippen molar-refractivity contribution in [3.63, 3.8) is 0 Å². The van der Waals surface area contributed by atoms with Crippen LogP contribution in [0.25, 0.3) is 0 Å². The number of nitrogens with one attached hydrogen (secondary N) is 1. The molecule has 0 aromatic heterocycles. The summed E-state index contributed by atoms with van der Waals surface area (Å²) in [4.78, 5) is 27.8. The lowest BCUT2D eigenvalue weighted by atomic mass is 10.1. The van der Waals surface area contributed by atoms with Gasteiger partial charge in [0.15, 0.2) is 0 Å². The number of carbonyl (C=O) groups excluding carboxylic acids is 2. The Morgan fingerprint density at radius 3 is 2.65 bits per heavy atom. The minimum atomic E-state index is -0.316. The molecular weight excluding hydrogens is 294 g/mol. The Hall–Kier alpha value is -2.08. The molecule has 3 rings (SSSR count). The second-order valence-electron chi connectivity index (χ2n) is 6.07. The zero-order chi connectivity index (χ0) is 16.2. The molecule has 1 unspecified atom stereocenters. The lowest BCUT2D eigenvalue weighted by molar-refractivity contribution is -0.136. The van der Waals surface area contributed by atoms with Crippen LogP contribution in [0.4, 0.5) is 0 Å². The van der Waals surface area contributed by atoms with Gasteiger partial charge in [0.1, 0.15) is 11.8 Å². The summed E-state index contributed by atoms with van der Waals surface area (Å²) in [5, 5.41) is 2.76. The van der Waals surface area contributed by atoms with Gasteiger partial charge in [0, 0.05) is 44.7 Å². The van der Waals surface area contributed by atoms with Gasteiger partial charge in [0.25, 0.3) is 0 Å². The Morgan fingerprint density at radius 2 is 2.00 bits per heavy atom. The second-order valence-corrected chi connectivity index (χ2v) is 6.07. The van der Waals surface area contributed by atoms with E-state index in [4.69, 9.17) is 4.74 Å². The molecule has 2 fully saturated rings. The van der Waals surface area contributed by atoms with Crippen LogP contribution in [0, 0.1) is 0 Å². The molecule has 0 spiro atoms. The SMILES string of the molecule is COc1ccccc1CN1CCN(C(=O)C2CCC(=O)N2)CC1. The first kappa shape index (κ1) is 15.8. The standard InChI is InChI=1S/C17H23N3O3/c1-23-15-5-3-2-4-13(15)12-19-8-10-20(11-9-19)17(22)14-6-7-16(21)18-14/h2-5,14H,6-12H2,1H3,(H,18,21). The Balaban J connectivity index is 1.52. The fourth-order valence-corrected chi connectivity index (χ4v) is 3.22. The molecule has 6 nitrogen and oxygen atoms in total. The maximum atomic E-state index is 12.4. The quantitative estimate of drug-likeness (QED) is 0.884. The highest BCUT2D eigenvalue weighted by Gasteiger charge is 2.32. The topological polar surface area (TPSA) is 61.9 Å². The number of nitrogens with zero attached hydrogens (tertiary/aromatic N) is 2. The molecule has 1 atom stereocenters. The van der Waals surface area contributed by atoms with Crippen molar-refractivity contribution in [3.05, 3.63) is 29.8 Å². The summed E-state index contributed by atoms with van der Waals surface area (Å²) >= 11 is 0. The molecule has 0 radical (unpaired) electrons. The molecule has 1 aromatic carbocycles. The average molecular weight is 317 g/mol. The van der Waals surface area contributed by atoms with Crippen LogP contribution < -0.4 is 10.1 Å². The number of amides is 2. The predicted molar refractivity (Wildman–Crippen MR) is 86.0 cm³/mol. The Morgan fingerprint density at radius 1 is 1.26 bits per heavy atom. The molecule has 1 aromatic rings. The highest BCUT2D eigenvalue weighted by atomic mass is 16.5. The summed E-state index contributed by atoms with van der Waals surface area (Å²) in [6.45, 7) is 3.92. The number of rotatable bonds is 4. The highest BCUT2D eigenvalue weighted by molar-refractivity contribution is 5.90. The fourth-order valence-electron chi connectivity index (χ4n) is 3.22. The third kappa shape index (κ3) is 3.64. The van der Waals surface area contributed by atoms with E-state index in [1.165, 1.54) is 0 Å². The maximum Gasteiger partial charge on any atom is 0.245 e. The van der Waals surface area contributed by atoms with Crippen molar-refractivity contribution < 1.29 is 14.3 Å². The first-order valence-electron chi connectivity index (χ1n) is 8.10. The zero-order valence-corrected chi connectivity index (χ0v) is 13.5. The van der Waals surface area contributed by atoms with Gasteiger partial charge in [-0.25, -0.2) is 0 Å². The third-order valence-electron chi connectivity index (χ3n) is 4.56. The summed E-state index contributed by atoms with van der Waals surface area (Å²) in [6.07, 6.45) is 1.09. The van der Waals surface area contributed by atoms with Crippen molar-refractivity contribution in [1.82, 2.24) is 15.1 Å². The van der Waals surface area contributed by atoms with Gasteiger partial charge in [0.05, 0.1) is 7.11 Å². The van der Waals surface area contributed by atoms with Crippen LogP contribution in [0.5, 0.6) is 5.75 Å². The lowest BCUT2D eigenvalue weighted by Gasteiger charge is -2.36. The van der Waals surface area contributed by atoms with Gasteiger partial charge in [-0.2, -0.15) is 0 Å². The van der Waals surface area contributed by atoms with Gasteiger partial charge >= 0.3 is 0 Å². The minimum absolute atomic E-state index is 0.0156. The van der Waals surface area contributed by atoms with E-state index in [1.807, 2.05) is 23.1 Å². The zero-order valence-electron chi connectivity index (χ0n) is 13.5. The number of benzene rings is 1. The monoisotopic (exact) mass is 317 g/mol. The Kier molecular flexibility index (Phi) is 4.81. The molecule has 2 heterocycles. The number of hydrogen-bond acceptors (Lipinski definition) is 4. The molecule has 2 saturated heterocycles. The van der Waals surface area contributed by atoms with Crippen LogP contribution in [0.2, 0.25) is 0 Å². The first-order valence-corrected chi connectivity index (χ1v) is 8.10. The smallest absolute Gasteiger partial charge is 0.245 e. The summed E-state index contributed by atoms with van der Waals surface area (Å²) in [7, 11) is 1.69. The number of carbonyl (C=O) groups is 2. The van der Waals surface area contributed by atoms with Gasteiger partial charge in [0.2, 0.25) is 11.8 Å². The molecular formula is C17H23N3O3. The normalized spacial score (nSPS) is 22.0. The number of hydrogen-bond donors (Lipinski definition) is 1. The van der Waals surface area contributed by atoms with Crippen LogP contribution in [0.1, 0.15) is 18.4 Å². The van der Waals surface area contributed by atoms with Gasteiger partial charge < -0.3 is 15.0 Å². The van der Waals surface area contributed by atoms with E-state index in [9.17, 15) is 9.59 Å². The van der Waals surface area contributed by atoms with E-state index < -0.39 is 0 Å². The van der Waals surface area contributed by atoms with Crippen LogP contribution in [-0.2, 0) is 16.1 Å². The van der Waals surface area contributed by atoms with E-state index in [2.05, 4.69) is 16.3 Å². The molecule has 0 saturated carbocycles. The van der Waals surface area contributed by atoms with E-state index in [0.717, 1.165) is 30.9 Å². The predicted octanol–water partition coefficient (Wildman–Crippen LogP) is 0.618. The van der Waals surface area contributed by atoms with Crippen LogP contribution in [0.3, 0.4) is 0 Å². The third-order valence-corrected chi connectivity index (χ3v) is 4.56. The molecule has 2 aliphatic rings. The number of piperazine rings is 1. The highest BCUT2D eigenvalue weighted by Crippen LogP contribution is 2.20. The summed E-state index contributed by atoms with van der Waals surface area (Å²) in [6, 6.07) is 7.71. The van der Waals surface area contributed by atoms with Gasteiger partial charge in [-0.3, -0.25) is 14.5 Å². The average Bonchev–Trinajstić information content (AvgIpc) is 3.02. The van der Waals surface area contributed by atoms with Crippen molar-refractivity contribution in [2.45, 2.75) is 25.4 Å². The fraction of sp³-hybridized carbons (Fsp3) is 0.529.